The van der Waals surface area contributed by atoms with Gasteiger partial charge in [0.1, 0.15) is 0 Å². The first-order valence-corrected chi connectivity index (χ1v) is 8.67. The zero-order valence-corrected chi connectivity index (χ0v) is 13.6. The van der Waals surface area contributed by atoms with Crippen molar-refractivity contribution < 1.29 is 9.26 Å². The lowest BCUT2D eigenvalue weighted by Crippen LogP contribution is -2.44. The number of rotatable bonds is 6. The lowest BCUT2D eigenvalue weighted by molar-refractivity contribution is 0.0342. The van der Waals surface area contributed by atoms with Gasteiger partial charge in [0.15, 0.2) is 5.82 Å². The van der Waals surface area contributed by atoms with Gasteiger partial charge in [-0.25, -0.2) is 0 Å². The second-order valence-electron chi connectivity index (χ2n) is 6.58. The Balaban J connectivity index is 1.41. The third-order valence-electron chi connectivity index (χ3n) is 4.69. The van der Waals surface area contributed by atoms with Crippen LogP contribution in [0.3, 0.4) is 0 Å². The highest BCUT2D eigenvalue weighted by molar-refractivity contribution is 4.96. The van der Waals surface area contributed by atoms with Gasteiger partial charge in [0.25, 0.3) is 0 Å². The average molecular weight is 308 g/mol. The van der Waals surface area contributed by atoms with E-state index in [0.29, 0.717) is 18.5 Å². The van der Waals surface area contributed by atoms with Gasteiger partial charge in [0, 0.05) is 31.6 Å². The van der Waals surface area contributed by atoms with Gasteiger partial charge in [-0.15, -0.1) is 0 Å². The highest BCUT2D eigenvalue weighted by Crippen LogP contribution is 2.30. The first-order valence-electron chi connectivity index (χ1n) is 8.67. The van der Waals surface area contributed by atoms with E-state index >= 15 is 0 Å². The predicted molar refractivity (Wildman–Crippen MR) is 83.7 cm³/mol. The van der Waals surface area contributed by atoms with Crippen molar-refractivity contribution in [2.24, 2.45) is 0 Å². The van der Waals surface area contributed by atoms with Gasteiger partial charge in [-0.05, 0) is 19.8 Å². The summed E-state index contributed by atoms with van der Waals surface area (Å²) in [5.41, 5.74) is 0. The number of nitrogens with one attached hydrogen (secondary N) is 1. The summed E-state index contributed by atoms with van der Waals surface area (Å²) in [7, 11) is 0. The molecular weight excluding hydrogens is 280 g/mol. The fourth-order valence-corrected chi connectivity index (χ4v) is 3.36. The molecular formula is C16H28N4O2. The van der Waals surface area contributed by atoms with Crippen LogP contribution in [0.5, 0.6) is 0 Å². The normalized spacial score (nSPS) is 22.8. The van der Waals surface area contributed by atoms with Gasteiger partial charge in [-0.2, -0.15) is 4.98 Å². The average Bonchev–Trinajstić information content (AvgIpc) is 3.04. The van der Waals surface area contributed by atoms with Gasteiger partial charge in [0.05, 0.1) is 19.8 Å². The maximum Gasteiger partial charge on any atom is 0.240 e. The van der Waals surface area contributed by atoms with Crippen LogP contribution in [0.4, 0.5) is 0 Å². The Morgan fingerprint density at radius 2 is 2.00 bits per heavy atom. The van der Waals surface area contributed by atoms with Crippen molar-refractivity contribution in [2.45, 2.75) is 57.5 Å². The number of nitrogens with zero attached hydrogens (tertiary/aromatic N) is 3. The molecule has 1 aromatic rings. The lowest BCUT2D eigenvalue weighted by atomic mass is 9.89. The molecule has 1 saturated carbocycles. The number of morpholine rings is 1. The minimum absolute atomic E-state index is 0.406. The third kappa shape index (κ3) is 4.51. The van der Waals surface area contributed by atoms with E-state index in [1.807, 2.05) is 0 Å². The van der Waals surface area contributed by atoms with E-state index in [2.05, 4.69) is 27.3 Å². The molecule has 3 rings (SSSR count). The third-order valence-corrected chi connectivity index (χ3v) is 4.69. The van der Waals surface area contributed by atoms with Crippen molar-refractivity contribution in [1.29, 1.82) is 0 Å². The molecule has 6 nitrogen and oxygen atoms in total. The molecule has 1 aliphatic heterocycles. The van der Waals surface area contributed by atoms with Gasteiger partial charge in [0.2, 0.25) is 5.89 Å². The molecule has 0 amide bonds. The van der Waals surface area contributed by atoms with E-state index in [-0.39, 0.29) is 0 Å². The molecule has 2 fully saturated rings. The Bertz CT molecular complexity index is 439. The molecule has 2 aliphatic rings. The lowest BCUT2D eigenvalue weighted by Gasteiger charge is -2.29. The summed E-state index contributed by atoms with van der Waals surface area (Å²) < 4.78 is 10.8. The molecule has 0 radical (unpaired) electrons. The first kappa shape index (κ1) is 15.9. The largest absolute Gasteiger partial charge is 0.379 e. The Labute approximate surface area is 132 Å². The van der Waals surface area contributed by atoms with Crippen LogP contribution in [0.25, 0.3) is 0 Å². The van der Waals surface area contributed by atoms with E-state index in [4.69, 9.17) is 9.26 Å². The van der Waals surface area contributed by atoms with Crippen LogP contribution in [0.1, 0.15) is 56.7 Å². The van der Waals surface area contributed by atoms with Crippen molar-refractivity contribution in [2.75, 3.05) is 32.8 Å². The molecule has 1 saturated heterocycles. The van der Waals surface area contributed by atoms with Crippen molar-refractivity contribution in [3.63, 3.8) is 0 Å². The summed E-state index contributed by atoms with van der Waals surface area (Å²) in [5.74, 6) is 2.14. The molecule has 0 unspecified atom stereocenters. The molecule has 1 aromatic heterocycles. The van der Waals surface area contributed by atoms with Crippen LogP contribution >= 0.6 is 0 Å². The highest BCUT2D eigenvalue weighted by atomic mass is 16.5. The van der Waals surface area contributed by atoms with Crippen LogP contribution in [-0.2, 0) is 11.3 Å². The van der Waals surface area contributed by atoms with Crippen LogP contribution in [0.2, 0.25) is 0 Å². The van der Waals surface area contributed by atoms with E-state index in [9.17, 15) is 0 Å². The molecule has 0 aromatic carbocycles. The molecule has 1 aliphatic carbocycles. The molecule has 1 N–H and O–H groups in total. The van der Waals surface area contributed by atoms with Crippen molar-refractivity contribution >= 4 is 0 Å². The second-order valence-corrected chi connectivity index (χ2v) is 6.58. The van der Waals surface area contributed by atoms with Crippen LogP contribution in [0.15, 0.2) is 4.52 Å². The monoisotopic (exact) mass is 308 g/mol. The summed E-state index contributed by atoms with van der Waals surface area (Å²) in [6.45, 7) is 7.64. The highest BCUT2D eigenvalue weighted by Gasteiger charge is 2.21. The minimum Gasteiger partial charge on any atom is -0.379 e. The number of hydrogen-bond donors (Lipinski definition) is 1. The Hall–Kier alpha value is -0.980. The summed E-state index contributed by atoms with van der Waals surface area (Å²) >= 11 is 0. The Morgan fingerprint density at radius 3 is 2.77 bits per heavy atom. The quantitative estimate of drug-likeness (QED) is 0.866. The molecule has 1 atom stereocenters. The van der Waals surface area contributed by atoms with E-state index in [0.717, 1.165) is 44.6 Å². The molecule has 2 heterocycles. The summed E-state index contributed by atoms with van der Waals surface area (Å²) in [6, 6.07) is 0.406. The molecule has 0 spiro atoms. The van der Waals surface area contributed by atoms with E-state index in [1.165, 1.54) is 32.1 Å². The number of hydrogen-bond acceptors (Lipinski definition) is 6. The summed E-state index contributed by atoms with van der Waals surface area (Å²) in [6.07, 6.45) is 6.36. The van der Waals surface area contributed by atoms with E-state index in [1.54, 1.807) is 0 Å². The zero-order chi connectivity index (χ0) is 15.2. The first-order chi connectivity index (χ1) is 10.8. The predicted octanol–water partition coefficient (Wildman–Crippen LogP) is 1.93. The summed E-state index contributed by atoms with van der Waals surface area (Å²) in [4.78, 5) is 7.01. The minimum atomic E-state index is 0.406. The van der Waals surface area contributed by atoms with Gasteiger partial charge < -0.3 is 14.6 Å². The fourth-order valence-electron chi connectivity index (χ4n) is 3.36. The smallest absolute Gasteiger partial charge is 0.240 e. The van der Waals surface area contributed by atoms with Crippen LogP contribution in [-0.4, -0.2) is 53.9 Å². The number of aromatic nitrogens is 2. The zero-order valence-electron chi connectivity index (χ0n) is 13.6. The second kappa shape index (κ2) is 8.04. The standard InChI is InChI=1S/C16H28N4O2/c1-13(12-20-7-9-21-10-8-20)17-11-15-18-16(19-22-15)14-5-3-2-4-6-14/h13-14,17H,2-12H2,1H3/t13-/m0/s1. The van der Waals surface area contributed by atoms with Gasteiger partial charge in [-0.3, -0.25) is 4.90 Å². The van der Waals surface area contributed by atoms with Crippen molar-refractivity contribution in [3.8, 4) is 0 Å². The Morgan fingerprint density at radius 1 is 1.23 bits per heavy atom. The molecule has 0 bridgehead atoms. The molecule has 6 heteroatoms. The Kier molecular flexibility index (Phi) is 5.81. The van der Waals surface area contributed by atoms with Crippen LogP contribution < -0.4 is 5.32 Å². The SMILES string of the molecule is C[C@@H](CN1CCOCC1)NCc1nc(C2CCCCC2)no1. The topological polar surface area (TPSA) is 63.4 Å². The maximum atomic E-state index is 5.40. The van der Waals surface area contributed by atoms with Crippen LogP contribution in [0, 0.1) is 0 Å². The summed E-state index contributed by atoms with van der Waals surface area (Å²) in [5, 5.41) is 7.66. The number of ether oxygens (including phenoxy) is 1. The van der Waals surface area contributed by atoms with Gasteiger partial charge >= 0.3 is 0 Å². The fraction of sp³-hybridized carbons (Fsp3) is 0.875. The van der Waals surface area contributed by atoms with Crippen molar-refractivity contribution in [1.82, 2.24) is 20.4 Å². The van der Waals surface area contributed by atoms with Crippen molar-refractivity contribution in [3.05, 3.63) is 11.7 Å². The van der Waals surface area contributed by atoms with E-state index < -0.39 is 0 Å². The van der Waals surface area contributed by atoms with Gasteiger partial charge in [-0.1, -0.05) is 24.4 Å². The maximum absolute atomic E-state index is 5.40. The molecule has 124 valence electrons. The molecule has 22 heavy (non-hydrogen) atoms.